The molecule has 1 aliphatic heterocycles. The van der Waals surface area contributed by atoms with Crippen molar-refractivity contribution in [1.29, 1.82) is 0 Å². The molecule has 8 heteroatoms. The molecule has 0 spiro atoms. The Morgan fingerprint density at radius 2 is 1.95 bits per heavy atom. The molecule has 0 unspecified atom stereocenters. The van der Waals surface area contributed by atoms with Crippen molar-refractivity contribution in [2.24, 2.45) is 0 Å². The van der Waals surface area contributed by atoms with E-state index >= 15 is 0 Å². The number of nitrogens with one attached hydrogen (secondary N) is 1. The monoisotopic (exact) mass is 313 g/mol. The van der Waals surface area contributed by atoms with Crippen molar-refractivity contribution in [3.8, 4) is 0 Å². The molecular formula is C13H19N3O4S. The molecule has 2 heterocycles. The molecule has 1 aromatic rings. The number of aliphatic carboxylic acids is 1. The van der Waals surface area contributed by atoms with Gasteiger partial charge in [0, 0.05) is 31.5 Å². The van der Waals surface area contributed by atoms with E-state index in [1.165, 1.54) is 0 Å². The lowest BCUT2D eigenvalue weighted by atomic mass is 9.88. The summed E-state index contributed by atoms with van der Waals surface area (Å²) in [5, 5.41) is 16.1. The van der Waals surface area contributed by atoms with Crippen LogP contribution in [0.3, 0.4) is 0 Å². The molecule has 2 rings (SSSR count). The first-order valence-corrected chi connectivity index (χ1v) is 7.50. The standard InChI is InChI=1S/C13H19N3O4S/c1-12(2,3)9-8(21-16-15-9)10(17)14-13(11(18)19)4-6-20-7-5-13/h4-7H2,1-3H3,(H,14,17)(H,18,19). The van der Waals surface area contributed by atoms with Crippen molar-refractivity contribution in [1.82, 2.24) is 14.9 Å². The van der Waals surface area contributed by atoms with E-state index < -0.39 is 17.4 Å². The maximum absolute atomic E-state index is 12.5. The quantitative estimate of drug-likeness (QED) is 0.869. The molecule has 0 aromatic carbocycles. The summed E-state index contributed by atoms with van der Waals surface area (Å²) < 4.78 is 9.02. The first-order valence-electron chi connectivity index (χ1n) is 6.73. The van der Waals surface area contributed by atoms with Crippen molar-refractivity contribution in [3.63, 3.8) is 0 Å². The molecule has 1 aliphatic rings. The molecule has 1 amide bonds. The number of rotatable bonds is 3. The molecule has 2 N–H and O–H groups in total. The molecule has 1 aromatic heterocycles. The number of carbonyl (C=O) groups is 2. The van der Waals surface area contributed by atoms with Gasteiger partial charge in [-0.25, -0.2) is 4.79 Å². The van der Waals surface area contributed by atoms with Gasteiger partial charge in [0.05, 0.1) is 5.69 Å². The van der Waals surface area contributed by atoms with Gasteiger partial charge in [-0.1, -0.05) is 25.3 Å². The number of amides is 1. The molecule has 0 bridgehead atoms. The van der Waals surface area contributed by atoms with Crippen LogP contribution in [0.25, 0.3) is 0 Å². The lowest BCUT2D eigenvalue weighted by molar-refractivity contribution is -0.148. The number of nitrogens with zero attached hydrogens (tertiary/aromatic N) is 2. The Morgan fingerprint density at radius 3 is 2.48 bits per heavy atom. The third-order valence-corrected chi connectivity index (χ3v) is 4.24. The highest BCUT2D eigenvalue weighted by molar-refractivity contribution is 7.08. The zero-order valence-electron chi connectivity index (χ0n) is 12.3. The Labute approximate surface area is 126 Å². The second kappa shape index (κ2) is 5.69. The summed E-state index contributed by atoms with van der Waals surface area (Å²) in [6.07, 6.45) is 0.510. The topological polar surface area (TPSA) is 101 Å². The van der Waals surface area contributed by atoms with Gasteiger partial charge in [-0.05, 0) is 11.5 Å². The van der Waals surface area contributed by atoms with E-state index in [2.05, 4.69) is 14.9 Å². The zero-order valence-corrected chi connectivity index (χ0v) is 13.1. The summed E-state index contributed by atoms with van der Waals surface area (Å²) in [5.74, 6) is -1.46. The van der Waals surface area contributed by atoms with Crippen LogP contribution in [0.2, 0.25) is 0 Å². The summed E-state index contributed by atoms with van der Waals surface area (Å²) in [4.78, 5) is 24.4. The van der Waals surface area contributed by atoms with E-state index in [1.807, 2.05) is 20.8 Å². The van der Waals surface area contributed by atoms with Gasteiger partial charge in [0.2, 0.25) is 0 Å². The second-order valence-electron chi connectivity index (χ2n) is 6.15. The van der Waals surface area contributed by atoms with Crippen LogP contribution < -0.4 is 5.32 Å². The summed E-state index contributed by atoms with van der Waals surface area (Å²) in [5.41, 5.74) is -1.02. The fourth-order valence-electron chi connectivity index (χ4n) is 2.22. The molecule has 1 saturated heterocycles. The first-order chi connectivity index (χ1) is 9.76. The first kappa shape index (κ1) is 15.8. The van der Waals surface area contributed by atoms with Gasteiger partial charge in [0.25, 0.3) is 5.91 Å². The SMILES string of the molecule is CC(C)(C)c1nnsc1C(=O)NC1(C(=O)O)CCOCC1. The van der Waals surface area contributed by atoms with Gasteiger partial charge < -0.3 is 15.2 Å². The Bertz CT molecular complexity index is 544. The Balaban J connectivity index is 2.24. The smallest absolute Gasteiger partial charge is 0.329 e. The molecule has 0 saturated carbocycles. The number of hydrogen-bond acceptors (Lipinski definition) is 6. The summed E-state index contributed by atoms with van der Waals surface area (Å²) in [7, 11) is 0. The molecule has 116 valence electrons. The average molecular weight is 313 g/mol. The average Bonchev–Trinajstić information content (AvgIpc) is 2.88. The molecule has 0 atom stereocenters. The minimum Gasteiger partial charge on any atom is -0.480 e. The van der Waals surface area contributed by atoms with Crippen LogP contribution >= 0.6 is 11.5 Å². The van der Waals surface area contributed by atoms with E-state index in [1.54, 1.807) is 0 Å². The van der Waals surface area contributed by atoms with E-state index in [9.17, 15) is 14.7 Å². The minimum atomic E-state index is -1.27. The number of carbonyl (C=O) groups excluding carboxylic acids is 1. The molecule has 1 fully saturated rings. The van der Waals surface area contributed by atoms with Gasteiger partial charge in [-0.2, -0.15) is 0 Å². The van der Waals surface area contributed by atoms with Crippen LogP contribution in [0.15, 0.2) is 0 Å². The third kappa shape index (κ3) is 3.21. The van der Waals surface area contributed by atoms with Gasteiger partial charge in [0.1, 0.15) is 10.4 Å². The van der Waals surface area contributed by atoms with E-state index in [-0.39, 0.29) is 18.3 Å². The lowest BCUT2D eigenvalue weighted by Gasteiger charge is -2.33. The lowest BCUT2D eigenvalue weighted by Crippen LogP contribution is -2.57. The van der Waals surface area contributed by atoms with E-state index in [0.29, 0.717) is 23.8 Å². The van der Waals surface area contributed by atoms with Crippen molar-refractivity contribution in [2.45, 2.75) is 44.6 Å². The Morgan fingerprint density at radius 1 is 1.33 bits per heavy atom. The summed E-state index contributed by atoms with van der Waals surface area (Å²) in [6.45, 7) is 6.44. The van der Waals surface area contributed by atoms with Gasteiger partial charge in [0.15, 0.2) is 0 Å². The molecular weight excluding hydrogens is 294 g/mol. The Kier molecular flexibility index (Phi) is 4.29. The highest BCUT2D eigenvalue weighted by atomic mass is 32.1. The molecule has 0 aliphatic carbocycles. The third-order valence-electron chi connectivity index (χ3n) is 3.51. The maximum atomic E-state index is 12.5. The van der Waals surface area contributed by atoms with Gasteiger partial charge >= 0.3 is 5.97 Å². The number of carboxylic acid groups (broad SMARTS) is 1. The van der Waals surface area contributed by atoms with Crippen LogP contribution in [-0.4, -0.2) is 45.3 Å². The van der Waals surface area contributed by atoms with Crippen LogP contribution in [0.5, 0.6) is 0 Å². The highest BCUT2D eigenvalue weighted by Crippen LogP contribution is 2.27. The van der Waals surface area contributed by atoms with Gasteiger partial charge in [-0.3, -0.25) is 4.79 Å². The van der Waals surface area contributed by atoms with Gasteiger partial charge in [-0.15, -0.1) is 5.10 Å². The van der Waals surface area contributed by atoms with Crippen LogP contribution in [0.1, 0.15) is 49.0 Å². The fraction of sp³-hybridized carbons (Fsp3) is 0.692. The normalized spacial score (nSPS) is 18.2. The van der Waals surface area contributed by atoms with E-state index in [0.717, 1.165) is 11.5 Å². The minimum absolute atomic E-state index is 0.255. The molecule has 21 heavy (non-hydrogen) atoms. The predicted octanol–water partition coefficient (Wildman–Crippen LogP) is 1.20. The largest absolute Gasteiger partial charge is 0.480 e. The number of hydrogen-bond donors (Lipinski definition) is 2. The summed E-state index contributed by atoms with van der Waals surface area (Å²) in [6, 6.07) is 0. The van der Waals surface area contributed by atoms with Crippen molar-refractivity contribution >= 4 is 23.4 Å². The fourth-order valence-corrected chi connectivity index (χ4v) is 2.99. The predicted molar refractivity (Wildman–Crippen MR) is 76.5 cm³/mol. The van der Waals surface area contributed by atoms with Crippen LogP contribution in [0.4, 0.5) is 0 Å². The molecule has 7 nitrogen and oxygen atoms in total. The zero-order chi connectivity index (χ0) is 15.7. The Hall–Kier alpha value is -1.54. The summed E-state index contributed by atoms with van der Waals surface area (Å²) >= 11 is 0.986. The number of carboxylic acids is 1. The van der Waals surface area contributed by atoms with Crippen molar-refractivity contribution in [3.05, 3.63) is 10.6 Å². The number of ether oxygens (including phenoxy) is 1. The van der Waals surface area contributed by atoms with Crippen LogP contribution in [0, 0.1) is 0 Å². The van der Waals surface area contributed by atoms with Crippen molar-refractivity contribution in [2.75, 3.05) is 13.2 Å². The van der Waals surface area contributed by atoms with E-state index in [4.69, 9.17) is 4.74 Å². The second-order valence-corrected chi connectivity index (χ2v) is 6.91. The van der Waals surface area contributed by atoms with Crippen LogP contribution in [-0.2, 0) is 14.9 Å². The van der Waals surface area contributed by atoms with Crippen molar-refractivity contribution < 1.29 is 19.4 Å². The molecule has 0 radical (unpaired) electrons. The highest BCUT2D eigenvalue weighted by Gasteiger charge is 2.42. The maximum Gasteiger partial charge on any atom is 0.329 e. The number of aromatic nitrogens is 2.